The number of rotatable bonds is 3. The van der Waals surface area contributed by atoms with Crippen molar-refractivity contribution in [3.05, 3.63) is 23.3 Å². The number of benzene rings is 1. The molecule has 0 aromatic heterocycles. The summed E-state index contributed by atoms with van der Waals surface area (Å²) in [6.07, 6.45) is 0.196. The summed E-state index contributed by atoms with van der Waals surface area (Å²) in [7, 11) is 0. The smallest absolute Gasteiger partial charge is 0.305 e. The summed E-state index contributed by atoms with van der Waals surface area (Å²) >= 11 is 1.89. The van der Waals surface area contributed by atoms with Crippen LogP contribution in [0.3, 0.4) is 0 Å². The second-order valence-electron chi connectivity index (χ2n) is 4.87. The quantitative estimate of drug-likeness (QED) is 0.912. The molecule has 0 fully saturated rings. The van der Waals surface area contributed by atoms with Crippen molar-refractivity contribution in [2.75, 3.05) is 17.2 Å². The second-order valence-corrected chi connectivity index (χ2v) is 5.90. The van der Waals surface area contributed by atoms with Crippen LogP contribution in [0.4, 0.5) is 5.69 Å². The van der Waals surface area contributed by atoms with E-state index in [1.807, 2.05) is 11.8 Å². The van der Waals surface area contributed by atoms with Gasteiger partial charge in [-0.05, 0) is 31.9 Å². The number of aliphatic carboxylic acids is 1. The van der Waals surface area contributed by atoms with Gasteiger partial charge in [-0.3, -0.25) is 4.79 Å². The fraction of sp³-hybridized carbons (Fsp3) is 0.500. The first-order valence-electron chi connectivity index (χ1n) is 6.22. The molecule has 0 saturated heterocycles. The summed E-state index contributed by atoms with van der Waals surface area (Å²) in [6, 6.07) is 4.66. The Bertz CT molecular complexity index is 473. The molecule has 1 unspecified atom stereocenters. The van der Waals surface area contributed by atoms with Crippen molar-refractivity contribution in [3.8, 4) is 0 Å². The molecule has 1 aromatic rings. The average molecular weight is 265 g/mol. The highest BCUT2D eigenvalue weighted by Gasteiger charge is 2.26. The number of carboxylic acids is 1. The summed E-state index contributed by atoms with van der Waals surface area (Å²) in [6.45, 7) is 6.98. The number of aryl methyl sites for hydroxylation is 2. The minimum Gasteiger partial charge on any atom is -0.481 e. The molecule has 1 heterocycles. The minimum atomic E-state index is -0.729. The molecule has 0 saturated carbocycles. The lowest BCUT2D eigenvalue weighted by atomic mass is 10.1. The Hall–Kier alpha value is -1.16. The summed E-state index contributed by atoms with van der Waals surface area (Å²) < 4.78 is 0. The van der Waals surface area contributed by atoms with E-state index >= 15 is 0 Å². The van der Waals surface area contributed by atoms with Crippen molar-refractivity contribution in [1.29, 1.82) is 0 Å². The standard InChI is InChI=1S/C14H19NO2S/c1-9-4-5-10(2)14-13(9)15(7-6-12(16)17)11(3)8-18-14/h4-5,11H,6-8H2,1-3H3,(H,16,17). The molecule has 1 aromatic carbocycles. The maximum absolute atomic E-state index is 10.8. The van der Waals surface area contributed by atoms with Crippen LogP contribution in [0.25, 0.3) is 0 Å². The van der Waals surface area contributed by atoms with Crippen molar-refractivity contribution >= 4 is 23.4 Å². The zero-order valence-electron chi connectivity index (χ0n) is 11.1. The van der Waals surface area contributed by atoms with Gasteiger partial charge in [0, 0.05) is 23.2 Å². The van der Waals surface area contributed by atoms with Gasteiger partial charge in [0.05, 0.1) is 12.1 Å². The van der Waals surface area contributed by atoms with E-state index in [9.17, 15) is 4.79 Å². The lowest BCUT2D eigenvalue weighted by molar-refractivity contribution is -0.136. The highest BCUT2D eigenvalue weighted by molar-refractivity contribution is 7.99. The van der Waals surface area contributed by atoms with Gasteiger partial charge in [-0.1, -0.05) is 12.1 Å². The molecule has 18 heavy (non-hydrogen) atoms. The molecule has 3 nitrogen and oxygen atoms in total. The first-order valence-corrected chi connectivity index (χ1v) is 7.20. The predicted octanol–water partition coefficient (Wildman–Crippen LogP) is 3.08. The van der Waals surface area contributed by atoms with Gasteiger partial charge in [0.1, 0.15) is 0 Å². The number of hydrogen-bond donors (Lipinski definition) is 1. The Morgan fingerprint density at radius 2 is 2.11 bits per heavy atom. The number of hydrogen-bond acceptors (Lipinski definition) is 3. The van der Waals surface area contributed by atoms with E-state index < -0.39 is 5.97 Å². The third-order valence-electron chi connectivity index (χ3n) is 3.38. The van der Waals surface area contributed by atoms with E-state index in [0.717, 1.165) is 5.75 Å². The molecule has 0 aliphatic carbocycles. The monoisotopic (exact) mass is 265 g/mol. The fourth-order valence-electron chi connectivity index (χ4n) is 2.37. The van der Waals surface area contributed by atoms with Crippen LogP contribution in [-0.4, -0.2) is 29.4 Å². The first kappa shape index (κ1) is 13.3. The molecule has 2 rings (SSSR count). The zero-order chi connectivity index (χ0) is 13.3. The molecule has 0 spiro atoms. The largest absolute Gasteiger partial charge is 0.481 e. The van der Waals surface area contributed by atoms with Gasteiger partial charge in [-0.15, -0.1) is 11.8 Å². The highest BCUT2D eigenvalue weighted by atomic mass is 32.2. The Labute approximate surface area is 112 Å². The topological polar surface area (TPSA) is 40.5 Å². The van der Waals surface area contributed by atoms with Crippen LogP contribution in [-0.2, 0) is 4.79 Å². The van der Waals surface area contributed by atoms with Crippen LogP contribution in [0.5, 0.6) is 0 Å². The van der Waals surface area contributed by atoms with E-state index in [-0.39, 0.29) is 6.42 Å². The first-order chi connectivity index (χ1) is 8.50. The predicted molar refractivity (Wildman–Crippen MR) is 75.7 cm³/mol. The number of nitrogens with zero attached hydrogens (tertiary/aromatic N) is 1. The van der Waals surface area contributed by atoms with Gasteiger partial charge in [0.25, 0.3) is 0 Å². The molecule has 0 radical (unpaired) electrons. The minimum absolute atomic E-state index is 0.196. The van der Waals surface area contributed by atoms with Gasteiger partial charge in [-0.25, -0.2) is 0 Å². The third kappa shape index (κ3) is 2.48. The van der Waals surface area contributed by atoms with Crippen LogP contribution in [0.1, 0.15) is 24.5 Å². The Balaban J connectivity index is 2.37. The molecule has 1 atom stereocenters. The molecular weight excluding hydrogens is 246 g/mol. The summed E-state index contributed by atoms with van der Waals surface area (Å²) in [5.74, 6) is 0.295. The summed E-state index contributed by atoms with van der Waals surface area (Å²) in [5.41, 5.74) is 3.76. The van der Waals surface area contributed by atoms with Gasteiger partial charge in [-0.2, -0.15) is 0 Å². The molecule has 1 aliphatic heterocycles. The van der Waals surface area contributed by atoms with Gasteiger partial charge in [0.15, 0.2) is 0 Å². The normalized spacial score (nSPS) is 18.6. The number of fused-ring (bicyclic) bond motifs is 1. The SMILES string of the molecule is Cc1ccc(C)c2c1SCC(C)N2CCC(=O)O. The van der Waals surface area contributed by atoms with Crippen molar-refractivity contribution < 1.29 is 9.90 Å². The van der Waals surface area contributed by atoms with Crippen LogP contribution in [0.2, 0.25) is 0 Å². The van der Waals surface area contributed by atoms with Crippen molar-refractivity contribution in [1.82, 2.24) is 0 Å². The van der Waals surface area contributed by atoms with Gasteiger partial charge < -0.3 is 10.0 Å². The van der Waals surface area contributed by atoms with Crippen LogP contribution < -0.4 is 4.90 Å². The van der Waals surface area contributed by atoms with E-state index in [4.69, 9.17) is 5.11 Å². The second kappa shape index (κ2) is 5.22. The molecule has 1 N–H and O–H groups in total. The molecule has 1 aliphatic rings. The van der Waals surface area contributed by atoms with Crippen LogP contribution in [0, 0.1) is 13.8 Å². The van der Waals surface area contributed by atoms with Crippen molar-refractivity contribution in [3.63, 3.8) is 0 Å². The number of anilines is 1. The van der Waals surface area contributed by atoms with Crippen LogP contribution in [0.15, 0.2) is 17.0 Å². The molecule has 0 bridgehead atoms. The molecule has 4 heteroatoms. The van der Waals surface area contributed by atoms with Gasteiger partial charge >= 0.3 is 5.97 Å². The van der Waals surface area contributed by atoms with Crippen molar-refractivity contribution in [2.24, 2.45) is 0 Å². The molecular formula is C14H19NO2S. The van der Waals surface area contributed by atoms with Crippen molar-refractivity contribution in [2.45, 2.75) is 38.1 Å². The summed E-state index contributed by atoms with van der Waals surface area (Å²) in [5, 5.41) is 8.87. The number of carboxylic acid groups (broad SMARTS) is 1. The lowest BCUT2D eigenvalue weighted by Gasteiger charge is -2.38. The maximum Gasteiger partial charge on any atom is 0.305 e. The Kier molecular flexibility index (Phi) is 3.85. The molecule has 98 valence electrons. The summed E-state index contributed by atoms with van der Waals surface area (Å²) in [4.78, 5) is 14.4. The van der Waals surface area contributed by atoms with E-state index in [2.05, 4.69) is 37.8 Å². The maximum atomic E-state index is 10.8. The van der Waals surface area contributed by atoms with E-state index in [0.29, 0.717) is 12.6 Å². The molecule has 0 amide bonds. The lowest BCUT2D eigenvalue weighted by Crippen LogP contribution is -2.39. The number of thioether (sulfide) groups is 1. The fourth-order valence-corrected chi connectivity index (χ4v) is 3.67. The average Bonchev–Trinajstić information content (AvgIpc) is 2.32. The van der Waals surface area contributed by atoms with Crippen LogP contribution >= 0.6 is 11.8 Å². The zero-order valence-corrected chi connectivity index (χ0v) is 11.9. The number of carbonyl (C=O) groups is 1. The Morgan fingerprint density at radius 3 is 2.78 bits per heavy atom. The van der Waals surface area contributed by atoms with E-state index in [1.165, 1.54) is 21.7 Å². The third-order valence-corrected chi connectivity index (χ3v) is 4.84. The van der Waals surface area contributed by atoms with E-state index in [1.54, 1.807) is 0 Å². The van der Waals surface area contributed by atoms with Gasteiger partial charge in [0.2, 0.25) is 0 Å². The Morgan fingerprint density at radius 1 is 1.44 bits per heavy atom. The highest BCUT2D eigenvalue weighted by Crippen LogP contribution is 2.41.